The Bertz CT molecular complexity index is 572. The van der Waals surface area contributed by atoms with E-state index in [0.717, 1.165) is 0 Å². The molecule has 0 spiro atoms. The normalized spacial score (nSPS) is 12.1. The van der Waals surface area contributed by atoms with Crippen LogP contribution in [0.4, 0.5) is 0 Å². The lowest BCUT2D eigenvalue weighted by Gasteiger charge is -2.12. The fraction of sp³-hybridized carbons (Fsp3) is 0.231. The smallest absolute Gasteiger partial charge is 0.250 e. The molecular formula is C13H14N2O3. The summed E-state index contributed by atoms with van der Waals surface area (Å²) < 4.78 is 6.54. The molecular weight excluding hydrogens is 232 g/mol. The van der Waals surface area contributed by atoms with Gasteiger partial charge in [0.1, 0.15) is 12.3 Å². The minimum Gasteiger partial charge on any atom is -0.467 e. The topological polar surface area (TPSA) is 64.2 Å². The lowest BCUT2D eigenvalue weighted by molar-refractivity contribution is -0.122. The van der Waals surface area contributed by atoms with E-state index in [0.29, 0.717) is 5.76 Å². The molecule has 0 unspecified atom stereocenters. The maximum atomic E-state index is 11.8. The first-order chi connectivity index (χ1) is 8.66. The molecule has 0 fully saturated rings. The Hall–Kier alpha value is -2.30. The number of carbonyl (C=O) groups is 1. The number of rotatable bonds is 4. The second kappa shape index (κ2) is 5.35. The van der Waals surface area contributed by atoms with Gasteiger partial charge < -0.3 is 14.3 Å². The van der Waals surface area contributed by atoms with Gasteiger partial charge in [0.25, 0.3) is 5.56 Å². The Morgan fingerprint density at radius 3 is 2.89 bits per heavy atom. The highest BCUT2D eigenvalue weighted by Gasteiger charge is 2.12. The molecule has 94 valence electrons. The number of amides is 1. The Labute approximate surface area is 104 Å². The van der Waals surface area contributed by atoms with E-state index >= 15 is 0 Å². The molecule has 2 aromatic heterocycles. The van der Waals surface area contributed by atoms with Crippen LogP contribution in [-0.2, 0) is 11.3 Å². The first kappa shape index (κ1) is 12.2. The standard InChI is InChI=1S/C13H14N2O3/c1-10(11-5-4-8-18-11)14-12(16)9-15-7-3-2-6-13(15)17/h2-8,10H,9H2,1H3,(H,14,16)/t10-/m0/s1. The van der Waals surface area contributed by atoms with E-state index in [1.54, 1.807) is 36.7 Å². The van der Waals surface area contributed by atoms with Gasteiger partial charge in [0, 0.05) is 12.3 Å². The number of hydrogen-bond acceptors (Lipinski definition) is 3. The third-order valence-corrected chi connectivity index (χ3v) is 2.56. The van der Waals surface area contributed by atoms with Crippen LogP contribution in [0, 0.1) is 0 Å². The predicted molar refractivity (Wildman–Crippen MR) is 66.0 cm³/mol. The van der Waals surface area contributed by atoms with Gasteiger partial charge in [-0.3, -0.25) is 9.59 Å². The fourth-order valence-electron chi connectivity index (χ4n) is 1.64. The van der Waals surface area contributed by atoms with Gasteiger partial charge in [0.2, 0.25) is 5.91 Å². The minimum absolute atomic E-state index is 0.00468. The summed E-state index contributed by atoms with van der Waals surface area (Å²) in [5.74, 6) is 0.455. The second-order valence-corrected chi connectivity index (χ2v) is 3.97. The Balaban J connectivity index is 1.97. The monoisotopic (exact) mass is 246 g/mol. The molecule has 1 atom stereocenters. The van der Waals surface area contributed by atoms with E-state index in [-0.39, 0.29) is 24.1 Å². The molecule has 0 aromatic carbocycles. The van der Waals surface area contributed by atoms with Crippen molar-refractivity contribution in [3.8, 4) is 0 Å². The van der Waals surface area contributed by atoms with Gasteiger partial charge in [0.15, 0.2) is 0 Å². The van der Waals surface area contributed by atoms with Crippen LogP contribution in [0.5, 0.6) is 0 Å². The minimum atomic E-state index is -0.229. The van der Waals surface area contributed by atoms with E-state index in [4.69, 9.17) is 4.42 Å². The molecule has 18 heavy (non-hydrogen) atoms. The van der Waals surface area contributed by atoms with Crippen LogP contribution >= 0.6 is 0 Å². The Kier molecular flexibility index (Phi) is 3.62. The van der Waals surface area contributed by atoms with Crippen molar-refractivity contribution in [2.45, 2.75) is 19.5 Å². The third kappa shape index (κ3) is 2.88. The fourth-order valence-corrected chi connectivity index (χ4v) is 1.64. The molecule has 1 N–H and O–H groups in total. The summed E-state index contributed by atoms with van der Waals surface area (Å²) in [5, 5.41) is 2.77. The summed E-state index contributed by atoms with van der Waals surface area (Å²) >= 11 is 0. The number of aromatic nitrogens is 1. The van der Waals surface area contributed by atoms with Crippen LogP contribution in [0.3, 0.4) is 0 Å². The van der Waals surface area contributed by atoms with Crippen molar-refractivity contribution >= 4 is 5.91 Å². The average Bonchev–Trinajstić information content (AvgIpc) is 2.85. The van der Waals surface area contributed by atoms with E-state index in [1.165, 1.54) is 10.6 Å². The van der Waals surface area contributed by atoms with E-state index < -0.39 is 0 Å². The zero-order chi connectivity index (χ0) is 13.0. The summed E-state index contributed by atoms with van der Waals surface area (Å²) in [6, 6.07) is 8.11. The van der Waals surface area contributed by atoms with Crippen molar-refractivity contribution in [1.29, 1.82) is 0 Å². The van der Waals surface area contributed by atoms with Gasteiger partial charge in [-0.05, 0) is 25.1 Å². The summed E-state index contributed by atoms with van der Waals surface area (Å²) in [4.78, 5) is 23.2. The maximum Gasteiger partial charge on any atom is 0.250 e. The molecule has 0 radical (unpaired) electrons. The van der Waals surface area contributed by atoms with E-state index in [2.05, 4.69) is 5.32 Å². The molecule has 0 saturated heterocycles. The molecule has 5 heteroatoms. The molecule has 5 nitrogen and oxygen atoms in total. The zero-order valence-corrected chi connectivity index (χ0v) is 10.00. The first-order valence-corrected chi connectivity index (χ1v) is 5.65. The molecule has 2 heterocycles. The second-order valence-electron chi connectivity index (χ2n) is 3.97. The van der Waals surface area contributed by atoms with Crippen molar-refractivity contribution in [3.05, 3.63) is 58.9 Å². The van der Waals surface area contributed by atoms with Crippen molar-refractivity contribution in [1.82, 2.24) is 9.88 Å². The maximum absolute atomic E-state index is 11.8. The Morgan fingerprint density at radius 1 is 1.39 bits per heavy atom. The van der Waals surface area contributed by atoms with Crippen molar-refractivity contribution in [2.24, 2.45) is 0 Å². The van der Waals surface area contributed by atoms with Gasteiger partial charge in [-0.2, -0.15) is 0 Å². The van der Waals surface area contributed by atoms with Crippen LogP contribution in [0.15, 0.2) is 52.0 Å². The van der Waals surface area contributed by atoms with Crippen LogP contribution in [0.1, 0.15) is 18.7 Å². The summed E-state index contributed by atoms with van der Waals surface area (Å²) in [7, 11) is 0. The lowest BCUT2D eigenvalue weighted by atomic mass is 10.2. The number of furan rings is 1. The number of hydrogen-bond donors (Lipinski definition) is 1. The lowest BCUT2D eigenvalue weighted by Crippen LogP contribution is -2.33. The third-order valence-electron chi connectivity index (χ3n) is 2.56. The highest BCUT2D eigenvalue weighted by atomic mass is 16.3. The van der Waals surface area contributed by atoms with Crippen molar-refractivity contribution < 1.29 is 9.21 Å². The molecule has 0 bridgehead atoms. The van der Waals surface area contributed by atoms with Crippen molar-refractivity contribution in [3.63, 3.8) is 0 Å². The average molecular weight is 246 g/mol. The summed E-state index contributed by atoms with van der Waals surface area (Å²) in [5.41, 5.74) is -0.196. The number of nitrogens with one attached hydrogen (secondary N) is 1. The quantitative estimate of drug-likeness (QED) is 0.884. The van der Waals surface area contributed by atoms with Gasteiger partial charge in [0.05, 0.1) is 12.3 Å². The van der Waals surface area contributed by atoms with Gasteiger partial charge >= 0.3 is 0 Å². The zero-order valence-electron chi connectivity index (χ0n) is 10.00. The summed E-state index contributed by atoms with van der Waals surface area (Å²) in [6.45, 7) is 1.83. The summed E-state index contributed by atoms with van der Waals surface area (Å²) in [6.07, 6.45) is 3.14. The highest BCUT2D eigenvalue weighted by molar-refractivity contribution is 5.76. The van der Waals surface area contributed by atoms with Gasteiger partial charge in [-0.1, -0.05) is 6.07 Å². The highest BCUT2D eigenvalue weighted by Crippen LogP contribution is 2.11. The molecule has 1 amide bonds. The molecule has 0 saturated carbocycles. The van der Waals surface area contributed by atoms with Gasteiger partial charge in [-0.15, -0.1) is 0 Å². The van der Waals surface area contributed by atoms with Crippen LogP contribution < -0.4 is 10.9 Å². The largest absolute Gasteiger partial charge is 0.467 e. The molecule has 2 rings (SSSR count). The number of nitrogens with zero attached hydrogens (tertiary/aromatic N) is 1. The molecule has 2 aromatic rings. The molecule has 0 aliphatic carbocycles. The first-order valence-electron chi connectivity index (χ1n) is 5.65. The predicted octanol–water partition coefficient (Wildman–Crippen LogP) is 1.32. The van der Waals surface area contributed by atoms with E-state index in [1.807, 2.05) is 6.92 Å². The molecule has 0 aliphatic rings. The van der Waals surface area contributed by atoms with Crippen LogP contribution in [-0.4, -0.2) is 10.5 Å². The van der Waals surface area contributed by atoms with Crippen LogP contribution in [0.25, 0.3) is 0 Å². The number of carbonyl (C=O) groups excluding carboxylic acids is 1. The molecule has 0 aliphatic heterocycles. The number of pyridine rings is 1. The van der Waals surface area contributed by atoms with Crippen molar-refractivity contribution in [2.75, 3.05) is 0 Å². The van der Waals surface area contributed by atoms with Gasteiger partial charge in [-0.25, -0.2) is 0 Å². The van der Waals surface area contributed by atoms with E-state index in [9.17, 15) is 9.59 Å². The van der Waals surface area contributed by atoms with Crippen LogP contribution in [0.2, 0.25) is 0 Å². The Morgan fingerprint density at radius 2 is 2.22 bits per heavy atom. The SMILES string of the molecule is C[C@H](NC(=O)Cn1ccccc1=O)c1ccco1.